The summed E-state index contributed by atoms with van der Waals surface area (Å²) < 4.78 is 1.85. The number of benzene rings is 2. The van der Waals surface area contributed by atoms with Crippen LogP contribution in [0.5, 0.6) is 0 Å². The number of halogens is 4. The van der Waals surface area contributed by atoms with Crippen LogP contribution in [-0.2, 0) is 11.3 Å². The Morgan fingerprint density at radius 3 is 2.38 bits per heavy atom. The molecule has 0 aliphatic carbocycles. The Morgan fingerprint density at radius 2 is 1.72 bits per heavy atom. The van der Waals surface area contributed by atoms with E-state index in [1.807, 2.05) is 10.6 Å². The molecule has 0 saturated carbocycles. The normalized spacial score (nSPS) is 10.8. The second kappa shape index (κ2) is 9.87. The lowest BCUT2D eigenvalue weighted by molar-refractivity contribution is -0.113. The van der Waals surface area contributed by atoms with Crippen molar-refractivity contribution in [1.29, 1.82) is 0 Å². The van der Waals surface area contributed by atoms with Crippen LogP contribution in [0.3, 0.4) is 0 Å². The number of aromatic nitrogens is 3. The van der Waals surface area contributed by atoms with E-state index in [-0.39, 0.29) is 11.7 Å². The molecular weight excluding hydrogens is 474 g/mol. The predicted octanol–water partition coefficient (Wildman–Crippen LogP) is 6.48. The predicted molar refractivity (Wildman–Crippen MR) is 121 cm³/mol. The summed E-state index contributed by atoms with van der Waals surface area (Å²) in [7, 11) is 0. The van der Waals surface area contributed by atoms with Gasteiger partial charge < -0.3 is 5.32 Å². The molecule has 1 amide bonds. The maximum Gasteiger partial charge on any atom is 0.234 e. The van der Waals surface area contributed by atoms with Gasteiger partial charge in [-0.1, -0.05) is 64.2 Å². The van der Waals surface area contributed by atoms with Crippen molar-refractivity contribution in [3.8, 4) is 11.4 Å². The molecule has 1 aromatic heterocycles. The van der Waals surface area contributed by atoms with Crippen LogP contribution >= 0.6 is 58.2 Å². The number of nitrogens with zero attached hydrogens (tertiary/aromatic N) is 3. The number of carbonyl (C=O) groups excluding carboxylic acids is 1. The molecule has 0 radical (unpaired) electrons. The van der Waals surface area contributed by atoms with E-state index in [1.165, 1.54) is 11.8 Å². The van der Waals surface area contributed by atoms with Gasteiger partial charge in [0.15, 0.2) is 11.0 Å². The lowest BCUT2D eigenvalue weighted by atomic mass is 10.2. The Hall–Kier alpha value is -1.70. The Balaban J connectivity index is 1.74. The lowest BCUT2D eigenvalue weighted by Gasteiger charge is -2.09. The summed E-state index contributed by atoms with van der Waals surface area (Å²) in [4.78, 5) is 12.3. The molecule has 3 aromatic rings. The fraction of sp³-hybridized carbons (Fsp3) is 0.105. The molecule has 1 heterocycles. The number of rotatable bonds is 7. The van der Waals surface area contributed by atoms with E-state index >= 15 is 0 Å². The summed E-state index contributed by atoms with van der Waals surface area (Å²) >= 11 is 25.2. The van der Waals surface area contributed by atoms with Gasteiger partial charge in [0.25, 0.3) is 0 Å². The van der Waals surface area contributed by atoms with Crippen LogP contribution in [0.15, 0.2) is 54.2 Å². The second-order valence-corrected chi connectivity index (χ2v) is 8.37. The third-order valence-corrected chi connectivity index (χ3v) is 6.19. The van der Waals surface area contributed by atoms with Gasteiger partial charge in [-0.05, 0) is 36.4 Å². The first-order valence-corrected chi connectivity index (χ1v) is 10.8. The quantitative estimate of drug-likeness (QED) is 0.306. The van der Waals surface area contributed by atoms with Gasteiger partial charge in [-0.25, -0.2) is 0 Å². The van der Waals surface area contributed by atoms with Crippen molar-refractivity contribution in [3.05, 3.63) is 69.1 Å². The molecule has 150 valence electrons. The zero-order chi connectivity index (χ0) is 21.0. The molecule has 1 N–H and O–H groups in total. The monoisotopic (exact) mass is 486 g/mol. The van der Waals surface area contributed by atoms with Crippen molar-refractivity contribution in [2.75, 3.05) is 11.1 Å². The van der Waals surface area contributed by atoms with Crippen LogP contribution in [0.1, 0.15) is 0 Å². The number of nitrogens with one attached hydrogen (secondary N) is 1. The van der Waals surface area contributed by atoms with Gasteiger partial charge in [0, 0.05) is 17.8 Å². The lowest BCUT2D eigenvalue weighted by Crippen LogP contribution is -2.14. The molecule has 29 heavy (non-hydrogen) atoms. The first-order valence-electron chi connectivity index (χ1n) is 8.26. The molecule has 0 aliphatic rings. The van der Waals surface area contributed by atoms with Crippen molar-refractivity contribution in [2.45, 2.75) is 11.7 Å². The van der Waals surface area contributed by atoms with Crippen LogP contribution in [0, 0.1) is 0 Å². The van der Waals surface area contributed by atoms with Crippen molar-refractivity contribution in [1.82, 2.24) is 14.8 Å². The average molecular weight is 488 g/mol. The number of hydrogen-bond acceptors (Lipinski definition) is 4. The molecule has 0 saturated heterocycles. The van der Waals surface area contributed by atoms with E-state index in [0.29, 0.717) is 43.3 Å². The standard InChI is InChI=1S/C19H14Cl4N4OS/c1-2-7-27-18(11-3-5-13(20)15(22)8-11)25-26-19(27)29-10-17(28)24-12-4-6-14(21)16(23)9-12/h2-6,8-9H,1,7,10H2,(H,24,28). The summed E-state index contributed by atoms with van der Waals surface area (Å²) in [6.45, 7) is 4.25. The Morgan fingerprint density at radius 1 is 1.03 bits per heavy atom. The zero-order valence-electron chi connectivity index (χ0n) is 14.8. The maximum absolute atomic E-state index is 12.3. The molecule has 0 spiro atoms. The smallest absolute Gasteiger partial charge is 0.234 e. The highest BCUT2D eigenvalue weighted by Gasteiger charge is 2.16. The SMILES string of the molecule is C=CCn1c(SCC(=O)Nc2ccc(Cl)c(Cl)c2)nnc1-c1ccc(Cl)c(Cl)c1. The molecule has 2 aromatic carbocycles. The van der Waals surface area contributed by atoms with Gasteiger partial charge >= 0.3 is 0 Å². The topological polar surface area (TPSA) is 59.8 Å². The Kier molecular flexibility index (Phi) is 7.49. The summed E-state index contributed by atoms with van der Waals surface area (Å²) in [5.41, 5.74) is 1.33. The minimum atomic E-state index is -0.211. The molecule has 0 fully saturated rings. The number of hydrogen-bond donors (Lipinski definition) is 1. The molecule has 5 nitrogen and oxygen atoms in total. The van der Waals surface area contributed by atoms with Crippen molar-refractivity contribution >= 4 is 69.8 Å². The zero-order valence-corrected chi connectivity index (χ0v) is 18.7. The summed E-state index contributed by atoms with van der Waals surface area (Å²) in [6, 6.07) is 10.1. The van der Waals surface area contributed by atoms with Gasteiger partial charge in [-0.15, -0.1) is 16.8 Å². The fourth-order valence-corrected chi connectivity index (χ4v) is 3.78. The van der Waals surface area contributed by atoms with Crippen molar-refractivity contribution in [3.63, 3.8) is 0 Å². The Labute approximate surface area is 192 Å². The van der Waals surface area contributed by atoms with E-state index in [4.69, 9.17) is 46.4 Å². The number of thioether (sulfide) groups is 1. The van der Waals surface area contributed by atoms with E-state index in [0.717, 1.165) is 5.56 Å². The molecule has 0 atom stereocenters. The van der Waals surface area contributed by atoms with Gasteiger partial charge in [0.1, 0.15) is 0 Å². The largest absolute Gasteiger partial charge is 0.325 e. The molecule has 0 unspecified atom stereocenters. The molecule has 3 rings (SSSR count). The number of amides is 1. The minimum Gasteiger partial charge on any atom is -0.325 e. The summed E-state index contributed by atoms with van der Waals surface area (Å²) in [5.74, 6) is 0.533. The summed E-state index contributed by atoms with van der Waals surface area (Å²) in [6.07, 6.45) is 1.73. The van der Waals surface area contributed by atoms with E-state index < -0.39 is 0 Å². The van der Waals surface area contributed by atoms with Gasteiger partial charge in [0.05, 0.1) is 25.8 Å². The summed E-state index contributed by atoms with van der Waals surface area (Å²) in [5, 5.41) is 13.5. The van der Waals surface area contributed by atoms with Crippen LogP contribution in [0.25, 0.3) is 11.4 Å². The number of allylic oxidation sites excluding steroid dienone is 1. The van der Waals surface area contributed by atoms with E-state index in [1.54, 1.807) is 36.4 Å². The van der Waals surface area contributed by atoms with Crippen molar-refractivity contribution in [2.24, 2.45) is 0 Å². The van der Waals surface area contributed by atoms with Crippen LogP contribution < -0.4 is 5.32 Å². The highest BCUT2D eigenvalue weighted by Crippen LogP contribution is 2.30. The van der Waals surface area contributed by atoms with E-state index in [2.05, 4.69) is 22.1 Å². The molecule has 10 heteroatoms. The number of carbonyl (C=O) groups is 1. The van der Waals surface area contributed by atoms with Gasteiger partial charge in [-0.3, -0.25) is 9.36 Å². The highest BCUT2D eigenvalue weighted by molar-refractivity contribution is 7.99. The first kappa shape index (κ1) is 22.0. The third-order valence-electron chi connectivity index (χ3n) is 3.74. The van der Waals surface area contributed by atoms with Crippen LogP contribution in [0.4, 0.5) is 5.69 Å². The van der Waals surface area contributed by atoms with Crippen molar-refractivity contribution < 1.29 is 4.79 Å². The van der Waals surface area contributed by atoms with Gasteiger partial charge in [0.2, 0.25) is 5.91 Å². The first-order chi connectivity index (χ1) is 13.9. The Bertz CT molecular complexity index is 1070. The molecule has 0 aliphatic heterocycles. The molecular formula is C19H14Cl4N4OS. The van der Waals surface area contributed by atoms with Crippen LogP contribution in [0.2, 0.25) is 20.1 Å². The van der Waals surface area contributed by atoms with E-state index in [9.17, 15) is 4.79 Å². The highest BCUT2D eigenvalue weighted by atomic mass is 35.5. The maximum atomic E-state index is 12.3. The average Bonchev–Trinajstić information content (AvgIpc) is 3.08. The van der Waals surface area contributed by atoms with Crippen LogP contribution in [-0.4, -0.2) is 26.4 Å². The second-order valence-electron chi connectivity index (χ2n) is 5.80. The third kappa shape index (κ3) is 5.47. The minimum absolute atomic E-state index is 0.136. The number of anilines is 1. The van der Waals surface area contributed by atoms with Gasteiger partial charge in [-0.2, -0.15) is 0 Å². The molecule has 0 bridgehead atoms. The fourth-order valence-electron chi connectivity index (χ4n) is 2.44.